The highest BCUT2D eigenvalue weighted by Gasteiger charge is 2.25. The highest BCUT2D eigenvalue weighted by molar-refractivity contribution is 6.03. The Bertz CT molecular complexity index is 901. The van der Waals surface area contributed by atoms with Crippen molar-refractivity contribution in [3.8, 4) is 0 Å². The average molecular weight is 332 g/mol. The molecule has 0 fully saturated rings. The number of pyridine rings is 1. The van der Waals surface area contributed by atoms with E-state index in [1.807, 2.05) is 17.8 Å². The molecule has 2 aromatic heterocycles. The van der Waals surface area contributed by atoms with Crippen LogP contribution in [0.2, 0.25) is 0 Å². The lowest BCUT2D eigenvalue weighted by atomic mass is 9.88. The van der Waals surface area contributed by atoms with Gasteiger partial charge in [-0.3, -0.25) is 9.78 Å². The summed E-state index contributed by atoms with van der Waals surface area (Å²) in [7, 11) is 0. The largest absolute Gasteiger partial charge is 0.306 e. The maximum absolute atomic E-state index is 12.6. The Labute approximate surface area is 146 Å². The molecule has 5 nitrogen and oxygen atoms in total. The van der Waals surface area contributed by atoms with Gasteiger partial charge < -0.3 is 5.32 Å². The predicted molar refractivity (Wildman–Crippen MR) is 96.7 cm³/mol. The molecule has 0 bridgehead atoms. The Morgan fingerprint density at radius 2 is 2.08 bits per heavy atom. The number of amides is 1. The number of nitrogens with zero attached hydrogens (tertiary/aromatic N) is 3. The topological polar surface area (TPSA) is 59.8 Å². The highest BCUT2D eigenvalue weighted by atomic mass is 16.1. The molecule has 1 aromatic carbocycles. The Hall–Kier alpha value is -2.95. The first-order chi connectivity index (χ1) is 12.2. The zero-order valence-corrected chi connectivity index (χ0v) is 14.1. The molecule has 0 saturated carbocycles. The summed E-state index contributed by atoms with van der Waals surface area (Å²) in [5.74, 6) is 0.595. The van der Waals surface area contributed by atoms with Crippen molar-refractivity contribution in [1.29, 1.82) is 0 Å². The summed E-state index contributed by atoms with van der Waals surface area (Å²) in [5, 5.41) is 7.60. The van der Waals surface area contributed by atoms with E-state index in [1.165, 1.54) is 11.1 Å². The third-order valence-corrected chi connectivity index (χ3v) is 4.77. The SMILES string of the molecule is Cc1cnn(C2CCCc3ccccc32)c1NC(=O)c1cccnc1. The number of anilines is 1. The summed E-state index contributed by atoms with van der Waals surface area (Å²) in [6.45, 7) is 1.97. The second-order valence-electron chi connectivity index (χ2n) is 6.42. The lowest BCUT2D eigenvalue weighted by Gasteiger charge is -2.27. The van der Waals surface area contributed by atoms with Gasteiger partial charge in [0, 0.05) is 18.0 Å². The molecule has 1 aliphatic rings. The second-order valence-corrected chi connectivity index (χ2v) is 6.42. The van der Waals surface area contributed by atoms with Gasteiger partial charge in [-0.05, 0) is 49.4 Å². The summed E-state index contributed by atoms with van der Waals surface area (Å²) in [6, 6.07) is 12.2. The van der Waals surface area contributed by atoms with Crippen molar-refractivity contribution in [3.05, 3.63) is 77.2 Å². The molecule has 1 atom stereocenters. The molecule has 5 heteroatoms. The Kier molecular flexibility index (Phi) is 4.06. The van der Waals surface area contributed by atoms with Crippen molar-refractivity contribution in [2.45, 2.75) is 32.2 Å². The van der Waals surface area contributed by atoms with Crippen molar-refractivity contribution in [2.75, 3.05) is 5.32 Å². The minimum Gasteiger partial charge on any atom is -0.306 e. The molecule has 25 heavy (non-hydrogen) atoms. The van der Waals surface area contributed by atoms with E-state index in [2.05, 4.69) is 39.7 Å². The first-order valence-corrected chi connectivity index (χ1v) is 8.57. The molecule has 126 valence electrons. The van der Waals surface area contributed by atoms with Crippen molar-refractivity contribution >= 4 is 11.7 Å². The Balaban J connectivity index is 1.68. The second kappa shape index (κ2) is 6.51. The van der Waals surface area contributed by atoms with Crippen molar-refractivity contribution in [2.24, 2.45) is 0 Å². The summed E-state index contributed by atoms with van der Waals surface area (Å²) >= 11 is 0. The number of nitrogens with one attached hydrogen (secondary N) is 1. The van der Waals surface area contributed by atoms with Gasteiger partial charge in [0.1, 0.15) is 5.82 Å². The molecule has 1 N–H and O–H groups in total. The van der Waals surface area contributed by atoms with Crippen LogP contribution in [0.5, 0.6) is 0 Å². The number of rotatable bonds is 3. The molecular formula is C20H20N4O. The van der Waals surface area contributed by atoms with E-state index in [0.29, 0.717) is 5.56 Å². The van der Waals surface area contributed by atoms with E-state index in [4.69, 9.17) is 0 Å². The Morgan fingerprint density at radius 3 is 2.92 bits per heavy atom. The molecule has 0 saturated heterocycles. The van der Waals surface area contributed by atoms with Crippen LogP contribution in [0.25, 0.3) is 0 Å². The maximum Gasteiger partial charge on any atom is 0.258 e. The first-order valence-electron chi connectivity index (χ1n) is 8.57. The van der Waals surface area contributed by atoms with Gasteiger partial charge in [-0.25, -0.2) is 4.68 Å². The number of aromatic nitrogens is 3. The van der Waals surface area contributed by atoms with Crippen molar-refractivity contribution in [1.82, 2.24) is 14.8 Å². The van der Waals surface area contributed by atoms with Crippen LogP contribution in [0.1, 0.15) is 45.9 Å². The molecule has 1 amide bonds. The van der Waals surface area contributed by atoms with Gasteiger partial charge in [-0.1, -0.05) is 24.3 Å². The molecule has 0 aliphatic heterocycles. The van der Waals surface area contributed by atoms with Crippen LogP contribution in [0.4, 0.5) is 5.82 Å². The summed E-state index contributed by atoms with van der Waals surface area (Å²) in [4.78, 5) is 16.6. The third kappa shape index (κ3) is 2.93. The third-order valence-electron chi connectivity index (χ3n) is 4.77. The van der Waals surface area contributed by atoms with Gasteiger partial charge >= 0.3 is 0 Å². The van der Waals surface area contributed by atoms with Gasteiger partial charge in [-0.15, -0.1) is 0 Å². The number of hydrogen-bond acceptors (Lipinski definition) is 3. The van der Waals surface area contributed by atoms with Crippen LogP contribution in [0.3, 0.4) is 0 Å². The van der Waals surface area contributed by atoms with Crippen LogP contribution in [-0.2, 0) is 6.42 Å². The lowest BCUT2D eigenvalue weighted by Crippen LogP contribution is -2.22. The zero-order chi connectivity index (χ0) is 17.2. The first kappa shape index (κ1) is 15.6. The average Bonchev–Trinajstić information content (AvgIpc) is 3.02. The fourth-order valence-corrected chi connectivity index (χ4v) is 3.50. The van der Waals surface area contributed by atoms with Gasteiger partial charge in [0.15, 0.2) is 0 Å². The molecule has 0 spiro atoms. The van der Waals surface area contributed by atoms with Crippen LogP contribution < -0.4 is 5.32 Å². The fourth-order valence-electron chi connectivity index (χ4n) is 3.50. The standard InChI is InChI=1S/C20H20N4O/c1-14-12-22-24(18-10-4-7-15-6-2-3-9-17(15)18)19(14)23-20(25)16-8-5-11-21-13-16/h2-3,5-6,8-9,11-13,18H,4,7,10H2,1H3,(H,23,25). The van der Waals surface area contributed by atoms with E-state index in [9.17, 15) is 4.79 Å². The number of fused-ring (bicyclic) bond motifs is 1. The maximum atomic E-state index is 12.6. The van der Waals surface area contributed by atoms with E-state index < -0.39 is 0 Å². The quantitative estimate of drug-likeness (QED) is 0.794. The number of carbonyl (C=O) groups is 1. The van der Waals surface area contributed by atoms with Gasteiger partial charge in [0.25, 0.3) is 5.91 Å². The van der Waals surface area contributed by atoms with E-state index in [1.54, 1.807) is 24.5 Å². The molecule has 0 radical (unpaired) electrons. The summed E-state index contributed by atoms with van der Waals surface area (Å²) < 4.78 is 1.96. The molecule has 4 rings (SSSR count). The van der Waals surface area contributed by atoms with Crippen molar-refractivity contribution in [3.63, 3.8) is 0 Å². The van der Waals surface area contributed by atoms with Crippen molar-refractivity contribution < 1.29 is 4.79 Å². The van der Waals surface area contributed by atoms with E-state index in [0.717, 1.165) is 30.6 Å². The molecule has 3 aromatic rings. The fraction of sp³-hybridized carbons (Fsp3) is 0.250. The smallest absolute Gasteiger partial charge is 0.258 e. The molecule has 1 unspecified atom stereocenters. The molecule has 2 heterocycles. The summed E-state index contributed by atoms with van der Waals surface area (Å²) in [6.07, 6.45) is 8.29. The lowest BCUT2D eigenvalue weighted by molar-refractivity contribution is 0.102. The van der Waals surface area contributed by atoms with Gasteiger partial charge in [0.05, 0.1) is 17.8 Å². The van der Waals surface area contributed by atoms with Gasteiger partial charge in [0.2, 0.25) is 0 Å². The van der Waals surface area contributed by atoms with Gasteiger partial charge in [-0.2, -0.15) is 5.10 Å². The highest BCUT2D eigenvalue weighted by Crippen LogP contribution is 2.35. The number of carbonyl (C=O) groups excluding carboxylic acids is 1. The van der Waals surface area contributed by atoms with Crippen LogP contribution in [0.15, 0.2) is 55.0 Å². The molecular weight excluding hydrogens is 312 g/mol. The number of hydrogen-bond donors (Lipinski definition) is 1. The van der Waals surface area contributed by atoms with E-state index in [-0.39, 0.29) is 11.9 Å². The van der Waals surface area contributed by atoms with E-state index >= 15 is 0 Å². The number of benzene rings is 1. The van der Waals surface area contributed by atoms with Crippen LogP contribution in [-0.4, -0.2) is 20.7 Å². The Morgan fingerprint density at radius 1 is 1.20 bits per heavy atom. The monoisotopic (exact) mass is 332 g/mol. The minimum atomic E-state index is -0.165. The number of aryl methyl sites for hydroxylation is 2. The zero-order valence-electron chi connectivity index (χ0n) is 14.1. The predicted octanol–water partition coefficient (Wildman–Crippen LogP) is 3.76. The minimum absolute atomic E-state index is 0.155. The normalized spacial score (nSPS) is 16.3. The molecule has 1 aliphatic carbocycles. The summed E-state index contributed by atoms with van der Waals surface area (Å²) in [5.41, 5.74) is 4.17. The van der Waals surface area contributed by atoms with Crippen LogP contribution in [0, 0.1) is 6.92 Å². The van der Waals surface area contributed by atoms with Crippen LogP contribution >= 0.6 is 0 Å².